The molecule has 2 nitrogen and oxygen atoms in total. The van der Waals surface area contributed by atoms with E-state index in [-0.39, 0.29) is 6.10 Å². The van der Waals surface area contributed by atoms with Crippen LogP contribution in [-0.2, 0) is 4.89 Å². The molecule has 1 N–H and O–H groups in total. The maximum atomic E-state index is 8.84. The van der Waals surface area contributed by atoms with E-state index in [4.69, 9.17) is 5.26 Å². The molecule has 0 unspecified atom stereocenters. The van der Waals surface area contributed by atoms with Crippen LogP contribution in [0.3, 0.4) is 0 Å². The Labute approximate surface area is 107 Å². The lowest BCUT2D eigenvalue weighted by atomic mass is 10.0. The van der Waals surface area contributed by atoms with Crippen molar-refractivity contribution in [1.29, 1.82) is 0 Å². The van der Waals surface area contributed by atoms with Crippen molar-refractivity contribution in [2.75, 3.05) is 0 Å². The van der Waals surface area contributed by atoms with Gasteiger partial charge >= 0.3 is 0 Å². The van der Waals surface area contributed by atoms with Gasteiger partial charge in [0.1, 0.15) is 0 Å². The minimum atomic E-state index is 0.0973. The molecule has 0 heterocycles. The predicted octanol–water partition coefficient (Wildman–Crippen LogP) is 5.32. The average molecular weight is 242 g/mol. The molecule has 0 amide bonds. The predicted molar refractivity (Wildman–Crippen MR) is 72.1 cm³/mol. The highest BCUT2D eigenvalue weighted by Crippen LogP contribution is 2.17. The topological polar surface area (TPSA) is 29.5 Å². The molecule has 0 aromatic heterocycles. The fourth-order valence-corrected chi connectivity index (χ4v) is 2.76. The Morgan fingerprint density at radius 3 is 1.12 bits per heavy atom. The Hall–Kier alpha value is -0.0800. The number of hydrogen-bond acceptors (Lipinski definition) is 2. The fraction of sp³-hybridized carbons (Fsp3) is 1.00. The second-order valence-corrected chi connectivity index (χ2v) is 5.55. The van der Waals surface area contributed by atoms with Crippen molar-refractivity contribution < 1.29 is 10.1 Å². The van der Waals surface area contributed by atoms with Crippen molar-refractivity contribution >= 4 is 0 Å². The second-order valence-electron chi connectivity index (χ2n) is 5.55. The molecule has 0 atom stereocenters. The van der Waals surface area contributed by atoms with Gasteiger partial charge in [0.15, 0.2) is 0 Å². The molecule has 0 radical (unpaired) electrons. The van der Waals surface area contributed by atoms with Crippen molar-refractivity contribution in [3.63, 3.8) is 0 Å². The van der Waals surface area contributed by atoms with E-state index < -0.39 is 0 Å². The Bertz CT molecular complexity index is 143. The van der Waals surface area contributed by atoms with E-state index >= 15 is 0 Å². The molecule has 1 rings (SSSR count). The monoisotopic (exact) mass is 242 g/mol. The molecule has 1 saturated carbocycles. The van der Waals surface area contributed by atoms with Crippen LogP contribution in [0.15, 0.2) is 0 Å². The summed E-state index contributed by atoms with van der Waals surface area (Å²) in [5, 5.41) is 8.84. The maximum absolute atomic E-state index is 8.84. The van der Waals surface area contributed by atoms with Gasteiger partial charge in [-0.25, -0.2) is 4.89 Å². The molecule has 1 aliphatic rings. The molecule has 17 heavy (non-hydrogen) atoms. The average Bonchev–Trinajstić information content (AvgIpc) is 2.36. The second kappa shape index (κ2) is 11.0. The number of hydrogen-bond donors (Lipinski definition) is 1. The van der Waals surface area contributed by atoms with Gasteiger partial charge < -0.3 is 0 Å². The Kier molecular flexibility index (Phi) is 9.72. The van der Waals surface area contributed by atoms with Crippen molar-refractivity contribution in [3.8, 4) is 0 Å². The van der Waals surface area contributed by atoms with Crippen LogP contribution in [0.1, 0.15) is 89.9 Å². The van der Waals surface area contributed by atoms with Gasteiger partial charge in [0.25, 0.3) is 0 Å². The molecular weight excluding hydrogens is 212 g/mol. The van der Waals surface area contributed by atoms with Gasteiger partial charge in [-0.3, -0.25) is 5.26 Å². The van der Waals surface area contributed by atoms with Gasteiger partial charge in [-0.05, 0) is 12.8 Å². The van der Waals surface area contributed by atoms with Crippen molar-refractivity contribution in [2.24, 2.45) is 0 Å². The van der Waals surface area contributed by atoms with Crippen LogP contribution >= 0.6 is 0 Å². The summed E-state index contributed by atoms with van der Waals surface area (Å²) >= 11 is 0. The summed E-state index contributed by atoms with van der Waals surface area (Å²) < 4.78 is 0. The molecule has 0 aromatic rings. The first-order chi connectivity index (χ1) is 8.43. The summed E-state index contributed by atoms with van der Waals surface area (Å²) in [4.78, 5) is 4.58. The maximum Gasteiger partial charge on any atom is 0.0927 e. The standard InChI is InChI=1S/C15H30O2/c16-17-15-13-11-9-7-5-3-1-2-4-6-8-10-12-14-15/h15-16H,1-14H2. The minimum Gasteiger partial charge on any atom is -0.252 e. The quantitative estimate of drug-likeness (QED) is 0.498. The smallest absolute Gasteiger partial charge is 0.0927 e. The first kappa shape index (κ1) is 15.0. The summed E-state index contributed by atoms with van der Waals surface area (Å²) in [6.07, 6.45) is 18.4. The Morgan fingerprint density at radius 1 is 0.529 bits per heavy atom. The zero-order valence-corrected chi connectivity index (χ0v) is 11.3. The van der Waals surface area contributed by atoms with Crippen LogP contribution in [0.4, 0.5) is 0 Å². The molecule has 2 heteroatoms. The summed E-state index contributed by atoms with van der Waals surface area (Å²) in [7, 11) is 0. The largest absolute Gasteiger partial charge is 0.252 e. The van der Waals surface area contributed by atoms with Crippen molar-refractivity contribution in [1.82, 2.24) is 0 Å². The van der Waals surface area contributed by atoms with Crippen LogP contribution in [0.5, 0.6) is 0 Å². The minimum absolute atomic E-state index is 0.0973. The van der Waals surface area contributed by atoms with E-state index in [1.807, 2.05) is 0 Å². The molecule has 0 bridgehead atoms. The molecule has 0 saturated heterocycles. The normalized spacial score (nSPS) is 23.8. The SMILES string of the molecule is OOC1CCCCCCCCCCCCCC1. The highest BCUT2D eigenvalue weighted by atomic mass is 17.1. The molecule has 1 aliphatic carbocycles. The van der Waals surface area contributed by atoms with Crippen LogP contribution in [-0.4, -0.2) is 11.4 Å². The zero-order valence-electron chi connectivity index (χ0n) is 11.3. The van der Waals surface area contributed by atoms with Gasteiger partial charge in [0.05, 0.1) is 6.10 Å². The van der Waals surface area contributed by atoms with E-state index in [2.05, 4.69) is 4.89 Å². The Morgan fingerprint density at radius 2 is 0.824 bits per heavy atom. The van der Waals surface area contributed by atoms with Crippen LogP contribution in [0.25, 0.3) is 0 Å². The van der Waals surface area contributed by atoms with E-state index in [0.717, 1.165) is 12.8 Å². The highest BCUT2D eigenvalue weighted by molar-refractivity contribution is 4.59. The first-order valence-electron chi connectivity index (χ1n) is 7.73. The van der Waals surface area contributed by atoms with Gasteiger partial charge in [-0.15, -0.1) is 0 Å². The van der Waals surface area contributed by atoms with Gasteiger partial charge in [-0.2, -0.15) is 0 Å². The molecular formula is C15H30O2. The zero-order chi connectivity index (χ0) is 12.2. The lowest BCUT2D eigenvalue weighted by molar-refractivity contribution is -0.281. The van der Waals surface area contributed by atoms with Gasteiger partial charge in [0.2, 0.25) is 0 Å². The van der Waals surface area contributed by atoms with Crippen LogP contribution in [0, 0.1) is 0 Å². The van der Waals surface area contributed by atoms with E-state index in [9.17, 15) is 0 Å². The molecule has 1 fully saturated rings. The van der Waals surface area contributed by atoms with E-state index in [1.165, 1.54) is 77.0 Å². The van der Waals surface area contributed by atoms with E-state index in [1.54, 1.807) is 0 Å². The third-order valence-electron chi connectivity index (χ3n) is 3.95. The summed E-state index contributed by atoms with van der Waals surface area (Å²) in [6.45, 7) is 0. The highest BCUT2D eigenvalue weighted by Gasteiger charge is 2.08. The lowest BCUT2D eigenvalue weighted by Crippen LogP contribution is -2.10. The number of rotatable bonds is 1. The van der Waals surface area contributed by atoms with Gasteiger partial charge in [-0.1, -0.05) is 77.0 Å². The lowest BCUT2D eigenvalue weighted by Gasteiger charge is -2.12. The summed E-state index contributed by atoms with van der Waals surface area (Å²) in [5.41, 5.74) is 0. The molecule has 0 aromatic carbocycles. The fourth-order valence-electron chi connectivity index (χ4n) is 2.76. The molecule has 102 valence electrons. The third-order valence-corrected chi connectivity index (χ3v) is 3.95. The third kappa shape index (κ3) is 8.62. The molecule has 0 aliphatic heterocycles. The molecule has 0 spiro atoms. The summed E-state index contributed by atoms with van der Waals surface area (Å²) in [6, 6.07) is 0. The van der Waals surface area contributed by atoms with Crippen LogP contribution in [0.2, 0.25) is 0 Å². The van der Waals surface area contributed by atoms with Crippen molar-refractivity contribution in [3.05, 3.63) is 0 Å². The summed E-state index contributed by atoms with van der Waals surface area (Å²) in [5.74, 6) is 0. The van der Waals surface area contributed by atoms with Gasteiger partial charge in [0, 0.05) is 0 Å². The van der Waals surface area contributed by atoms with E-state index in [0.29, 0.717) is 0 Å². The van der Waals surface area contributed by atoms with Crippen LogP contribution < -0.4 is 0 Å². The first-order valence-corrected chi connectivity index (χ1v) is 7.73. The van der Waals surface area contributed by atoms with Crippen molar-refractivity contribution in [2.45, 2.75) is 96.0 Å². The Balaban J connectivity index is 2.16.